The van der Waals surface area contributed by atoms with E-state index in [4.69, 9.17) is 4.74 Å². The van der Waals surface area contributed by atoms with Gasteiger partial charge in [0.1, 0.15) is 11.3 Å². The summed E-state index contributed by atoms with van der Waals surface area (Å²) in [6.45, 7) is 0. The van der Waals surface area contributed by atoms with E-state index in [0.717, 1.165) is 35.6 Å². The molecule has 7 nitrogen and oxygen atoms in total. The number of imide groups is 1. The number of aryl methyl sites for hydroxylation is 1. The van der Waals surface area contributed by atoms with Crippen molar-refractivity contribution in [1.82, 2.24) is 15.8 Å². The van der Waals surface area contributed by atoms with Gasteiger partial charge in [-0.05, 0) is 37.0 Å². The van der Waals surface area contributed by atoms with Crippen LogP contribution in [0.4, 0.5) is 4.79 Å². The van der Waals surface area contributed by atoms with Crippen LogP contribution in [0.25, 0.3) is 0 Å². The van der Waals surface area contributed by atoms with Gasteiger partial charge < -0.3 is 10.1 Å². The third kappa shape index (κ3) is 3.60. The maximum absolute atomic E-state index is 12.6. The van der Waals surface area contributed by atoms with E-state index in [0.29, 0.717) is 19.3 Å². The maximum Gasteiger partial charge on any atom is 0.344 e. The highest BCUT2D eigenvalue weighted by Gasteiger charge is 2.52. The zero-order valence-electron chi connectivity index (χ0n) is 14.3. The van der Waals surface area contributed by atoms with E-state index >= 15 is 0 Å². The van der Waals surface area contributed by atoms with E-state index in [9.17, 15) is 14.4 Å². The number of methoxy groups -OCH3 is 1. The van der Waals surface area contributed by atoms with Gasteiger partial charge in [-0.3, -0.25) is 15.0 Å². The summed E-state index contributed by atoms with van der Waals surface area (Å²) in [7, 11) is 1.59. The Morgan fingerprint density at radius 2 is 2.04 bits per heavy atom. The molecule has 1 heterocycles. The number of urea groups is 1. The minimum atomic E-state index is -0.824. The highest BCUT2D eigenvalue weighted by Crippen LogP contribution is 2.33. The summed E-state index contributed by atoms with van der Waals surface area (Å²) in [5.41, 5.74) is 2.58. The van der Waals surface area contributed by atoms with Gasteiger partial charge in [0, 0.05) is 6.42 Å². The number of hydrogen-bond donors (Lipinski definition) is 2. The lowest BCUT2D eigenvalue weighted by atomic mass is 9.82. The molecule has 1 aliphatic carbocycles. The van der Waals surface area contributed by atoms with Gasteiger partial charge in [0.15, 0.2) is 0 Å². The first-order chi connectivity index (χ1) is 12.0. The van der Waals surface area contributed by atoms with Crippen LogP contribution >= 0.6 is 0 Å². The summed E-state index contributed by atoms with van der Waals surface area (Å²) in [6, 6.07) is 6.91. The van der Waals surface area contributed by atoms with Crippen LogP contribution in [0.5, 0.6) is 5.75 Å². The average Bonchev–Trinajstić information content (AvgIpc) is 2.85. The van der Waals surface area contributed by atoms with Crippen molar-refractivity contribution in [3.63, 3.8) is 0 Å². The predicted octanol–water partition coefficient (Wildman–Crippen LogP) is 1.91. The first-order valence-electron chi connectivity index (χ1n) is 8.63. The lowest BCUT2D eigenvalue weighted by Gasteiger charge is -2.30. The zero-order valence-corrected chi connectivity index (χ0v) is 14.3. The Bertz CT molecular complexity index is 683. The number of amides is 4. The van der Waals surface area contributed by atoms with Crippen molar-refractivity contribution in [1.29, 1.82) is 0 Å². The van der Waals surface area contributed by atoms with E-state index in [1.54, 1.807) is 7.11 Å². The normalized spacial score (nSPS) is 19.0. The Morgan fingerprint density at radius 3 is 2.76 bits per heavy atom. The van der Waals surface area contributed by atoms with Gasteiger partial charge in [0.25, 0.3) is 5.91 Å². The van der Waals surface area contributed by atoms with E-state index in [1.807, 2.05) is 24.3 Å². The molecule has 0 aromatic heterocycles. The highest BCUT2D eigenvalue weighted by atomic mass is 16.5. The fourth-order valence-electron chi connectivity index (χ4n) is 3.48. The third-order valence-electron chi connectivity index (χ3n) is 4.88. The molecule has 4 amide bonds. The highest BCUT2D eigenvalue weighted by molar-refractivity contribution is 6.08. The van der Waals surface area contributed by atoms with Crippen LogP contribution in [0.2, 0.25) is 0 Å². The summed E-state index contributed by atoms with van der Waals surface area (Å²) in [4.78, 5) is 36.9. The molecule has 0 atom stereocenters. The van der Waals surface area contributed by atoms with Gasteiger partial charge in [0.2, 0.25) is 5.91 Å². The molecule has 25 heavy (non-hydrogen) atoms. The Balaban J connectivity index is 1.57. The molecule has 1 aromatic carbocycles. The molecule has 0 unspecified atom stereocenters. The van der Waals surface area contributed by atoms with Crippen molar-refractivity contribution in [2.45, 2.75) is 50.5 Å². The predicted molar refractivity (Wildman–Crippen MR) is 90.7 cm³/mol. The summed E-state index contributed by atoms with van der Waals surface area (Å²) in [5.74, 6) is 0.0253. The number of rotatable bonds is 5. The minimum absolute atomic E-state index is 0.178. The number of carbonyl (C=O) groups is 3. The molecule has 1 saturated heterocycles. The molecule has 1 aliphatic heterocycles. The van der Waals surface area contributed by atoms with Crippen molar-refractivity contribution in [2.24, 2.45) is 0 Å². The van der Waals surface area contributed by atoms with Crippen molar-refractivity contribution < 1.29 is 19.1 Å². The van der Waals surface area contributed by atoms with Crippen molar-refractivity contribution in [3.05, 3.63) is 29.8 Å². The lowest BCUT2D eigenvalue weighted by Crippen LogP contribution is -2.51. The standard InChI is InChI=1S/C18H23N3O4/c1-25-14-7-5-6-13(12-14)8-9-15(22)20-21-16(23)18(19-17(21)24)10-3-2-4-11-18/h5-7,12H,2-4,8-11H2,1H3,(H,19,24)(H,20,22). The summed E-state index contributed by atoms with van der Waals surface area (Å²) >= 11 is 0. The van der Waals surface area contributed by atoms with Gasteiger partial charge in [-0.1, -0.05) is 31.4 Å². The van der Waals surface area contributed by atoms with Crippen LogP contribution < -0.4 is 15.5 Å². The Hall–Kier alpha value is -2.57. The fraction of sp³-hybridized carbons (Fsp3) is 0.500. The van der Waals surface area contributed by atoms with Gasteiger partial charge in [-0.15, -0.1) is 0 Å². The van der Waals surface area contributed by atoms with Crippen LogP contribution in [0, 0.1) is 0 Å². The van der Waals surface area contributed by atoms with Crippen LogP contribution in [0.15, 0.2) is 24.3 Å². The number of nitrogens with zero attached hydrogens (tertiary/aromatic N) is 1. The first-order valence-corrected chi connectivity index (χ1v) is 8.63. The maximum atomic E-state index is 12.6. The Kier molecular flexibility index (Phi) is 4.92. The van der Waals surface area contributed by atoms with Gasteiger partial charge in [-0.2, -0.15) is 5.01 Å². The van der Waals surface area contributed by atoms with Crippen LogP contribution in [0.1, 0.15) is 44.1 Å². The van der Waals surface area contributed by atoms with E-state index in [1.165, 1.54) is 0 Å². The van der Waals surface area contributed by atoms with E-state index < -0.39 is 11.6 Å². The van der Waals surface area contributed by atoms with Gasteiger partial charge in [-0.25, -0.2) is 4.79 Å². The number of hydrogen-bond acceptors (Lipinski definition) is 4. The molecule has 0 bridgehead atoms. The summed E-state index contributed by atoms with van der Waals surface area (Å²) in [5, 5.41) is 3.62. The second-order valence-corrected chi connectivity index (χ2v) is 6.60. The zero-order chi connectivity index (χ0) is 17.9. The third-order valence-corrected chi connectivity index (χ3v) is 4.88. The number of nitrogens with one attached hydrogen (secondary N) is 2. The molecule has 2 N–H and O–H groups in total. The average molecular weight is 345 g/mol. The number of benzene rings is 1. The second-order valence-electron chi connectivity index (χ2n) is 6.60. The monoisotopic (exact) mass is 345 g/mol. The fourth-order valence-corrected chi connectivity index (χ4v) is 3.48. The largest absolute Gasteiger partial charge is 0.497 e. The smallest absolute Gasteiger partial charge is 0.344 e. The van der Waals surface area contributed by atoms with Crippen LogP contribution in [0.3, 0.4) is 0 Å². The molecule has 0 radical (unpaired) electrons. The molecule has 1 spiro atoms. The molecule has 134 valence electrons. The molecule has 2 aliphatic rings. The number of carbonyl (C=O) groups excluding carboxylic acids is 3. The topological polar surface area (TPSA) is 87.7 Å². The minimum Gasteiger partial charge on any atom is -0.497 e. The molecule has 7 heteroatoms. The Labute approximate surface area is 146 Å². The molecule has 1 saturated carbocycles. The van der Waals surface area contributed by atoms with Crippen LogP contribution in [-0.2, 0) is 16.0 Å². The van der Waals surface area contributed by atoms with E-state index in [-0.39, 0.29) is 18.2 Å². The quantitative estimate of drug-likeness (QED) is 0.798. The molecular formula is C18H23N3O4. The first kappa shape index (κ1) is 17.3. The Morgan fingerprint density at radius 1 is 1.28 bits per heavy atom. The molecule has 3 rings (SSSR count). The van der Waals surface area contributed by atoms with Gasteiger partial charge in [0.05, 0.1) is 7.11 Å². The van der Waals surface area contributed by atoms with Crippen LogP contribution in [-0.4, -0.2) is 35.5 Å². The molecular weight excluding hydrogens is 322 g/mol. The molecule has 2 fully saturated rings. The van der Waals surface area contributed by atoms with Crippen molar-refractivity contribution >= 4 is 17.8 Å². The van der Waals surface area contributed by atoms with E-state index in [2.05, 4.69) is 10.7 Å². The SMILES string of the molecule is COc1cccc(CCC(=O)NN2C(=O)NC3(CCCCC3)C2=O)c1. The molecule has 1 aromatic rings. The number of hydrazine groups is 1. The number of ether oxygens (including phenoxy) is 1. The lowest BCUT2D eigenvalue weighted by molar-refractivity contribution is -0.139. The second kappa shape index (κ2) is 7.13. The summed E-state index contributed by atoms with van der Waals surface area (Å²) < 4.78 is 5.15. The van der Waals surface area contributed by atoms with Crippen molar-refractivity contribution in [2.75, 3.05) is 7.11 Å². The van der Waals surface area contributed by atoms with Crippen molar-refractivity contribution in [3.8, 4) is 5.75 Å². The van der Waals surface area contributed by atoms with Gasteiger partial charge >= 0.3 is 6.03 Å². The summed E-state index contributed by atoms with van der Waals surface area (Å²) in [6.07, 6.45) is 4.82.